The summed E-state index contributed by atoms with van der Waals surface area (Å²) >= 11 is 0. The van der Waals surface area contributed by atoms with Crippen LogP contribution in [0.2, 0.25) is 0 Å². The zero-order chi connectivity index (χ0) is 20.1. The summed E-state index contributed by atoms with van der Waals surface area (Å²) in [4.78, 5) is 47.6. The molecular weight excluding hydrogens is 368 g/mol. The van der Waals surface area contributed by atoms with Crippen molar-refractivity contribution >= 4 is 28.9 Å². The Morgan fingerprint density at radius 2 is 1.86 bits per heavy atom. The van der Waals surface area contributed by atoms with Gasteiger partial charge in [0.15, 0.2) is 6.61 Å². The first-order valence-corrected chi connectivity index (χ1v) is 8.35. The van der Waals surface area contributed by atoms with E-state index < -0.39 is 24.5 Å². The number of ether oxygens (including phenoxy) is 1. The van der Waals surface area contributed by atoms with Crippen LogP contribution in [0.5, 0.6) is 0 Å². The van der Waals surface area contributed by atoms with Gasteiger partial charge in [0.2, 0.25) is 0 Å². The van der Waals surface area contributed by atoms with Gasteiger partial charge in [0.05, 0.1) is 23.8 Å². The molecule has 0 unspecified atom stereocenters. The molecule has 3 rings (SSSR count). The normalized spacial score (nSPS) is 10.6. The van der Waals surface area contributed by atoms with E-state index in [1.807, 2.05) is 5.32 Å². The van der Waals surface area contributed by atoms with Gasteiger partial charge in [0.25, 0.3) is 5.91 Å². The number of carbonyl (C=O) groups excluding carboxylic acids is 3. The number of nitrogens with one attached hydrogen (secondary N) is 2. The summed E-state index contributed by atoms with van der Waals surface area (Å²) in [5.41, 5.74) is 0.875. The molecule has 0 saturated carbocycles. The second-order valence-electron chi connectivity index (χ2n) is 5.89. The first-order chi connectivity index (χ1) is 13.5. The SMILES string of the molecule is Cn1c(=O)n(CC(=O)OCC(=O)NC(=O)NCc2ccco2)c2ccccc21. The summed E-state index contributed by atoms with van der Waals surface area (Å²) in [6, 6.07) is 9.58. The zero-order valence-corrected chi connectivity index (χ0v) is 15.0. The number of amides is 3. The molecule has 10 heteroatoms. The molecule has 10 nitrogen and oxygen atoms in total. The molecule has 1 aromatic carbocycles. The average molecular weight is 386 g/mol. The Hall–Kier alpha value is -3.82. The van der Waals surface area contributed by atoms with E-state index in [2.05, 4.69) is 5.32 Å². The van der Waals surface area contributed by atoms with E-state index in [0.717, 1.165) is 0 Å². The predicted molar refractivity (Wildman–Crippen MR) is 97.2 cm³/mol. The lowest BCUT2D eigenvalue weighted by molar-refractivity contribution is -0.148. The van der Waals surface area contributed by atoms with Crippen molar-refractivity contribution in [1.29, 1.82) is 0 Å². The number of furan rings is 1. The summed E-state index contributed by atoms with van der Waals surface area (Å²) in [7, 11) is 1.60. The molecule has 0 bridgehead atoms. The van der Waals surface area contributed by atoms with E-state index in [9.17, 15) is 19.2 Å². The Morgan fingerprint density at radius 3 is 2.57 bits per heavy atom. The van der Waals surface area contributed by atoms with Gasteiger partial charge in [-0.3, -0.25) is 24.0 Å². The largest absolute Gasteiger partial charge is 0.467 e. The Bertz CT molecular complexity index is 1060. The molecule has 0 atom stereocenters. The van der Waals surface area contributed by atoms with Crippen LogP contribution in [-0.4, -0.2) is 33.6 Å². The Labute approximate surface area is 158 Å². The van der Waals surface area contributed by atoms with Gasteiger partial charge >= 0.3 is 17.7 Å². The fourth-order valence-electron chi connectivity index (χ4n) is 2.62. The molecule has 0 aliphatic rings. The molecule has 0 aliphatic carbocycles. The van der Waals surface area contributed by atoms with Gasteiger partial charge in [-0.2, -0.15) is 0 Å². The van der Waals surface area contributed by atoms with Gasteiger partial charge in [0, 0.05) is 7.05 Å². The van der Waals surface area contributed by atoms with Crippen molar-refractivity contribution in [2.45, 2.75) is 13.1 Å². The van der Waals surface area contributed by atoms with Crippen LogP contribution in [0, 0.1) is 0 Å². The number of imide groups is 1. The molecule has 2 aromatic heterocycles. The molecule has 3 amide bonds. The van der Waals surface area contributed by atoms with Crippen molar-refractivity contribution in [3.63, 3.8) is 0 Å². The predicted octanol–water partition coefficient (Wildman–Crippen LogP) is 0.502. The van der Waals surface area contributed by atoms with Crippen LogP contribution in [0.1, 0.15) is 5.76 Å². The van der Waals surface area contributed by atoms with Crippen molar-refractivity contribution < 1.29 is 23.5 Å². The summed E-state index contributed by atoms with van der Waals surface area (Å²) in [5, 5.41) is 4.45. The summed E-state index contributed by atoms with van der Waals surface area (Å²) in [6.07, 6.45) is 1.46. The van der Waals surface area contributed by atoms with Gasteiger partial charge in [-0.1, -0.05) is 12.1 Å². The minimum absolute atomic E-state index is 0.107. The highest BCUT2D eigenvalue weighted by atomic mass is 16.5. The second kappa shape index (κ2) is 8.25. The van der Waals surface area contributed by atoms with E-state index in [0.29, 0.717) is 16.8 Å². The number of aromatic nitrogens is 2. The minimum atomic E-state index is -0.796. The number of imidazole rings is 1. The van der Waals surface area contributed by atoms with E-state index in [-0.39, 0.29) is 18.8 Å². The standard InChI is InChI=1S/C18H18N4O6/c1-21-13-6-2-3-7-14(13)22(18(21)26)10-16(24)28-11-15(23)20-17(25)19-9-12-5-4-8-27-12/h2-8H,9-11H2,1H3,(H2,19,20,23,25). The van der Waals surface area contributed by atoms with Gasteiger partial charge in [-0.25, -0.2) is 9.59 Å². The average Bonchev–Trinajstić information content (AvgIpc) is 3.28. The number of nitrogens with zero attached hydrogens (tertiary/aromatic N) is 2. The van der Waals surface area contributed by atoms with Crippen LogP contribution in [0.25, 0.3) is 11.0 Å². The number of urea groups is 1. The summed E-state index contributed by atoms with van der Waals surface area (Å²) < 4.78 is 12.6. The van der Waals surface area contributed by atoms with Crippen LogP contribution < -0.4 is 16.3 Å². The zero-order valence-electron chi connectivity index (χ0n) is 15.0. The van der Waals surface area contributed by atoms with Gasteiger partial charge in [0.1, 0.15) is 12.3 Å². The number of benzene rings is 1. The maximum atomic E-state index is 12.3. The van der Waals surface area contributed by atoms with Crippen LogP contribution in [-0.2, 0) is 34.5 Å². The maximum absolute atomic E-state index is 12.3. The number of aryl methyl sites for hydroxylation is 1. The maximum Gasteiger partial charge on any atom is 0.329 e. The fourth-order valence-corrected chi connectivity index (χ4v) is 2.62. The molecule has 146 valence electrons. The monoisotopic (exact) mass is 386 g/mol. The third kappa shape index (κ3) is 4.29. The molecule has 3 aromatic rings. The molecule has 0 saturated heterocycles. The molecule has 0 aliphatic heterocycles. The van der Waals surface area contributed by atoms with E-state index in [1.165, 1.54) is 15.4 Å². The summed E-state index contributed by atoms with van der Waals surface area (Å²) in [6.45, 7) is -0.888. The quantitative estimate of drug-likeness (QED) is 0.595. The number of rotatable bonds is 6. The third-order valence-corrected chi connectivity index (χ3v) is 3.96. The highest BCUT2D eigenvalue weighted by Crippen LogP contribution is 2.11. The molecule has 2 heterocycles. The van der Waals surface area contributed by atoms with Crippen molar-refractivity contribution in [3.05, 3.63) is 58.9 Å². The van der Waals surface area contributed by atoms with Crippen LogP contribution in [0.15, 0.2) is 51.9 Å². The lowest BCUT2D eigenvalue weighted by Gasteiger charge is -2.07. The lowest BCUT2D eigenvalue weighted by Crippen LogP contribution is -2.41. The van der Waals surface area contributed by atoms with E-state index in [1.54, 1.807) is 43.4 Å². The topological polar surface area (TPSA) is 125 Å². The van der Waals surface area contributed by atoms with Crippen molar-refractivity contribution in [1.82, 2.24) is 19.8 Å². The molecule has 0 spiro atoms. The van der Waals surface area contributed by atoms with Crippen LogP contribution >= 0.6 is 0 Å². The Balaban J connectivity index is 1.49. The number of hydrogen-bond donors (Lipinski definition) is 2. The highest BCUT2D eigenvalue weighted by Gasteiger charge is 2.16. The summed E-state index contributed by atoms with van der Waals surface area (Å²) in [5.74, 6) is -1.05. The second-order valence-corrected chi connectivity index (χ2v) is 5.89. The lowest BCUT2D eigenvalue weighted by atomic mass is 10.3. The fraction of sp³-hybridized carbons (Fsp3) is 0.222. The number of hydrogen-bond acceptors (Lipinski definition) is 6. The highest BCUT2D eigenvalue weighted by molar-refractivity contribution is 5.95. The number of para-hydroxylation sites is 2. The Morgan fingerprint density at radius 1 is 1.11 bits per heavy atom. The minimum Gasteiger partial charge on any atom is -0.467 e. The molecule has 2 N–H and O–H groups in total. The van der Waals surface area contributed by atoms with Gasteiger partial charge in [-0.15, -0.1) is 0 Å². The van der Waals surface area contributed by atoms with E-state index >= 15 is 0 Å². The van der Waals surface area contributed by atoms with Crippen LogP contribution in [0.4, 0.5) is 4.79 Å². The van der Waals surface area contributed by atoms with E-state index in [4.69, 9.17) is 9.15 Å². The molecule has 0 radical (unpaired) electrons. The molecular formula is C18H18N4O6. The Kier molecular flexibility index (Phi) is 5.58. The van der Waals surface area contributed by atoms with Gasteiger partial charge < -0.3 is 14.5 Å². The smallest absolute Gasteiger partial charge is 0.329 e. The van der Waals surface area contributed by atoms with Crippen molar-refractivity contribution in [2.75, 3.05) is 6.61 Å². The van der Waals surface area contributed by atoms with Crippen LogP contribution in [0.3, 0.4) is 0 Å². The molecule has 0 fully saturated rings. The molecule has 28 heavy (non-hydrogen) atoms. The number of esters is 1. The first kappa shape index (κ1) is 19.0. The van der Waals surface area contributed by atoms with Crippen molar-refractivity contribution in [2.24, 2.45) is 7.05 Å². The van der Waals surface area contributed by atoms with Gasteiger partial charge in [-0.05, 0) is 24.3 Å². The first-order valence-electron chi connectivity index (χ1n) is 8.35. The van der Waals surface area contributed by atoms with Crippen molar-refractivity contribution in [3.8, 4) is 0 Å². The number of fused-ring (bicyclic) bond motifs is 1. The number of carbonyl (C=O) groups is 3. The third-order valence-electron chi connectivity index (χ3n) is 3.96.